The lowest BCUT2D eigenvalue weighted by Crippen LogP contribution is -2.50. The van der Waals surface area contributed by atoms with Crippen LogP contribution < -0.4 is 0 Å². The average molecular weight is 435 g/mol. The van der Waals surface area contributed by atoms with E-state index in [-0.39, 0.29) is 52.2 Å². The molecule has 10 heteroatoms. The zero-order valence-corrected chi connectivity index (χ0v) is 16.5. The number of pyridine rings is 1. The predicted molar refractivity (Wildman–Crippen MR) is 100 cm³/mol. The van der Waals surface area contributed by atoms with Gasteiger partial charge in [0.1, 0.15) is 10.0 Å². The summed E-state index contributed by atoms with van der Waals surface area (Å²) >= 11 is 17.7. The van der Waals surface area contributed by atoms with E-state index in [1.807, 2.05) is 0 Å². The first-order valence-corrected chi connectivity index (χ1v) is 10.2. The molecule has 6 nitrogen and oxygen atoms in total. The second kappa shape index (κ2) is 7.70. The SMILES string of the molecule is O=C(c1cnc(Cl)c(Cl)c1)N1CCN(S(=O)(=O)c2ccccc2Cl)CC1. The monoisotopic (exact) mass is 433 g/mol. The number of carbonyl (C=O) groups is 1. The molecule has 0 spiro atoms. The summed E-state index contributed by atoms with van der Waals surface area (Å²) in [6.07, 6.45) is 1.35. The molecule has 2 aromatic rings. The molecule has 0 radical (unpaired) electrons. The number of hydrogen-bond acceptors (Lipinski definition) is 4. The van der Waals surface area contributed by atoms with Crippen LogP contribution in [0.25, 0.3) is 0 Å². The molecule has 1 aromatic carbocycles. The van der Waals surface area contributed by atoms with Crippen molar-refractivity contribution in [2.24, 2.45) is 0 Å². The van der Waals surface area contributed by atoms with Gasteiger partial charge in [0.05, 0.1) is 15.6 Å². The average Bonchev–Trinajstić information content (AvgIpc) is 2.63. The molecule has 0 saturated carbocycles. The Labute approximate surface area is 166 Å². The summed E-state index contributed by atoms with van der Waals surface area (Å²) in [5.41, 5.74) is 0.307. The maximum atomic E-state index is 12.7. The Morgan fingerprint density at radius 1 is 1.00 bits per heavy atom. The van der Waals surface area contributed by atoms with E-state index in [1.165, 1.54) is 28.7 Å². The lowest BCUT2D eigenvalue weighted by molar-refractivity contribution is 0.0697. The minimum Gasteiger partial charge on any atom is -0.336 e. The van der Waals surface area contributed by atoms with Gasteiger partial charge in [0.25, 0.3) is 5.91 Å². The zero-order valence-electron chi connectivity index (χ0n) is 13.4. The Hall–Kier alpha value is -1.38. The van der Waals surface area contributed by atoms with Gasteiger partial charge in [-0.25, -0.2) is 13.4 Å². The number of halogens is 3. The van der Waals surface area contributed by atoms with Crippen molar-refractivity contribution in [3.8, 4) is 0 Å². The molecule has 2 heterocycles. The van der Waals surface area contributed by atoms with Crippen LogP contribution in [0.15, 0.2) is 41.4 Å². The summed E-state index contributed by atoms with van der Waals surface area (Å²) in [5, 5.41) is 0.490. The molecule has 1 saturated heterocycles. The van der Waals surface area contributed by atoms with Gasteiger partial charge in [0.15, 0.2) is 0 Å². The Kier molecular flexibility index (Phi) is 5.74. The van der Waals surface area contributed by atoms with E-state index in [4.69, 9.17) is 34.8 Å². The lowest BCUT2D eigenvalue weighted by Gasteiger charge is -2.34. The molecular formula is C16H14Cl3N3O3S. The molecule has 26 heavy (non-hydrogen) atoms. The van der Waals surface area contributed by atoms with Crippen LogP contribution in [0.5, 0.6) is 0 Å². The van der Waals surface area contributed by atoms with Gasteiger partial charge in [-0.3, -0.25) is 4.79 Å². The highest BCUT2D eigenvalue weighted by Crippen LogP contribution is 2.25. The van der Waals surface area contributed by atoms with E-state index in [0.29, 0.717) is 5.56 Å². The normalized spacial score (nSPS) is 15.9. The summed E-state index contributed by atoms with van der Waals surface area (Å²) < 4.78 is 26.8. The number of nitrogens with zero attached hydrogens (tertiary/aromatic N) is 3. The minimum atomic E-state index is -3.71. The van der Waals surface area contributed by atoms with Gasteiger partial charge in [-0.2, -0.15) is 4.31 Å². The molecule has 138 valence electrons. The van der Waals surface area contributed by atoms with Crippen molar-refractivity contribution in [3.63, 3.8) is 0 Å². The number of rotatable bonds is 3. The van der Waals surface area contributed by atoms with E-state index in [1.54, 1.807) is 17.0 Å². The van der Waals surface area contributed by atoms with Crippen LogP contribution in [-0.2, 0) is 10.0 Å². The van der Waals surface area contributed by atoms with Crippen molar-refractivity contribution < 1.29 is 13.2 Å². The topological polar surface area (TPSA) is 70.6 Å². The number of piperazine rings is 1. The standard InChI is InChI=1S/C16H14Cl3N3O3S/c17-12-3-1-2-4-14(12)26(24,25)22-7-5-21(6-8-22)16(23)11-9-13(18)15(19)20-10-11/h1-4,9-10H,5-8H2. The van der Waals surface area contributed by atoms with Crippen LogP contribution in [0.1, 0.15) is 10.4 Å². The second-order valence-electron chi connectivity index (χ2n) is 5.62. The molecule has 0 unspecified atom stereocenters. The first-order valence-electron chi connectivity index (χ1n) is 7.65. The smallest absolute Gasteiger partial charge is 0.255 e. The molecule has 1 fully saturated rings. The number of sulfonamides is 1. The summed E-state index contributed by atoms with van der Waals surface area (Å²) in [5.74, 6) is -0.272. The van der Waals surface area contributed by atoms with Crippen LogP contribution in [-0.4, -0.2) is 54.7 Å². The maximum absolute atomic E-state index is 12.7. The third-order valence-corrected chi connectivity index (χ3v) is 7.11. The quantitative estimate of drug-likeness (QED) is 0.696. The molecule has 1 aliphatic rings. The fraction of sp³-hybridized carbons (Fsp3) is 0.250. The number of hydrogen-bond donors (Lipinski definition) is 0. The zero-order chi connectivity index (χ0) is 18.9. The fourth-order valence-electron chi connectivity index (χ4n) is 2.65. The largest absolute Gasteiger partial charge is 0.336 e. The van der Waals surface area contributed by atoms with Crippen molar-refractivity contribution >= 4 is 50.7 Å². The van der Waals surface area contributed by atoms with Gasteiger partial charge in [0.2, 0.25) is 10.0 Å². The second-order valence-corrected chi connectivity index (χ2v) is 8.70. The number of benzene rings is 1. The van der Waals surface area contributed by atoms with Gasteiger partial charge in [-0.05, 0) is 18.2 Å². The van der Waals surface area contributed by atoms with Gasteiger partial charge in [-0.1, -0.05) is 46.9 Å². The Morgan fingerprint density at radius 2 is 1.65 bits per heavy atom. The number of carbonyl (C=O) groups excluding carboxylic acids is 1. The van der Waals surface area contributed by atoms with E-state index in [0.717, 1.165) is 0 Å². The third kappa shape index (κ3) is 3.82. The highest BCUT2D eigenvalue weighted by atomic mass is 35.5. The highest BCUT2D eigenvalue weighted by Gasteiger charge is 2.31. The summed E-state index contributed by atoms with van der Waals surface area (Å²) in [6.45, 7) is 0.855. The Bertz CT molecular complexity index is 945. The molecular weight excluding hydrogens is 421 g/mol. The van der Waals surface area contributed by atoms with E-state index in [9.17, 15) is 13.2 Å². The molecule has 1 amide bonds. The van der Waals surface area contributed by atoms with Crippen molar-refractivity contribution in [2.75, 3.05) is 26.2 Å². The summed E-state index contributed by atoms with van der Waals surface area (Å²) in [7, 11) is -3.71. The van der Waals surface area contributed by atoms with Crippen molar-refractivity contribution in [3.05, 3.63) is 57.3 Å². The highest BCUT2D eigenvalue weighted by molar-refractivity contribution is 7.89. The molecule has 0 bridgehead atoms. The minimum absolute atomic E-state index is 0.0649. The lowest BCUT2D eigenvalue weighted by atomic mass is 10.2. The van der Waals surface area contributed by atoms with E-state index in [2.05, 4.69) is 4.98 Å². The van der Waals surface area contributed by atoms with Crippen molar-refractivity contribution in [2.45, 2.75) is 4.90 Å². The van der Waals surface area contributed by atoms with Crippen LogP contribution in [0.3, 0.4) is 0 Å². The molecule has 1 aliphatic heterocycles. The molecule has 1 aromatic heterocycles. The van der Waals surface area contributed by atoms with Crippen molar-refractivity contribution in [1.29, 1.82) is 0 Å². The van der Waals surface area contributed by atoms with Gasteiger partial charge in [-0.15, -0.1) is 0 Å². The van der Waals surface area contributed by atoms with Crippen LogP contribution in [0.2, 0.25) is 15.2 Å². The predicted octanol–water partition coefficient (Wildman–Crippen LogP) is 3.19. The van der Waals surface area contributed by atoms with Gasteiger partial charge in [0, 0.05) is 32.4 Å². The van der Waals surface area contributed by atoms with Crippen molar-refractivity contribution in [1.82, 2.24) is 14.2 Å². The number of aromatic nitrogens is 1. The molecule has 0 N–H and O–H groups in total. The summed E-state index contributed by atoms with van der Waals surface area (Å²) in [4.78, 5) is 18.0. The maximum Gasteiger partial charge on any atom is 0.255 e. The molecule has 0 atom stereocenters. The molecule has 0 aliphatic carbocycles. The first kappa shape index (κ1) is 19.4. The first-order chi connectivity index (χ1) is 12.3. The van der Waals surface area contributed by atoms with Crippen LogP contribution in [0, 0.1) is 0 Å². The van der Waals surface area contributed by atoms with Gasteiger partial charge < -0.3 is 4.90 Å². The number of amides is 1. The fourth-order valence-corrected chi connectivity index (χ4v) is 4.83. The Morgan fingerprint density at radius 3 is 2.27 bits per heavy atom. The van der Waals surface area contributed by atoms with Crippen LogP contribution in [0.4, 0.5) is 0 Å². The molecule has 3 rings (SSSR count). The van der Waals surface area contributed by atoms with E-state index < -0.39 is 10.0 Å². The van der Waals surface area contributed by atoms with Gasteiger partial charge >= 0.3 is 0 Å². The summed E-state index contributed by atoms with van der Waals surface area (Å²) in [6, 6.07) is 7.74. The van der Waals surface area contributed by atoms with E-state index >= 15 is 0 Å². The van der Waals surface area contributed by atoms with Crippen LogP contribution >= 0.6 is 34.8 Å². The third-order valence-electron chi connectivity index (χ3n) is 4.02. The Balaban J connectivity index is 1.72.